The van der Waals surface area contributed by atoms with E-state index < -0.39 is 21.7 Å². The predicted octanol–water partition coefficient (Wildman–Crippen LogP) is 4.68. The summed E-state index contributed by atoms with van der Waals surface area (Å²) >= 11 is 0. The summed E-state index contributed by atoms with van der Waals surface area (Å²) in [6, 6.07) is 15.9. The Hall–Kier alpha value is -2.93. The summed E-state index contributed by atoms with van der Waals surface area (Å²) < 4.78 is 60.3. The van der Waals surface area contributed by atoms with Crippen molar-refractivity contribution in [3.8, 4) is 5.75 Å². The van der Waals surface area contributed by atoms with Gasteiger partial charge in [-0.15, -0.1) is 0 Å². The molecule has 0 saturated heterocycles. The highest BCUT2D eigenvalue weighted by molar-refractivity contribution is 7.92. The molecule has 7 heteroatoms. The lowest BCUT2D eigenvalue weighted by atomic mass is 10.2. The largest absolute Gasteiger partial charge is 0.497 e. The van der Waals surface area contributed by atoms with E-state index in [1.54, 1.807) is 49.4 Å². The molecule has 0 unspecified atom stereocenters. The van der Waals surface area contributed by atoms with Crippen LogP contribution in [0.5, 0.6) is 5.75 Å². The molecular weight excluding hydrogens is 384 g/mol. The number of hydrogen-bond acceptors (Lipinski definition) is 3. The van der Waals surface area contributed by atoms with Crippen molar-refractivity contribution >= 4 is 15.7 Å². The lowest BCUT2D eigenvalue weighted by Crippen LogP contribution is -2.31. The van der Waals surface area contributed by atoms with E-state index in [2.05, 4.69) is 0 Å². The average molecular weight is 403 g/mol. The summed E-state index contributed by atoms with van der Waals surface area (Å²) in [5.41, 5.74) is 1.18. The predicted molar refractivity (Wildman–Crippen MR) is 104 cm³/mol. The SMILES string of the molecule is COc1ccc(N(Cc2ccc(F)cc2F)S(=O)(=O)c2cccc(C)c2)cc1. The zero-order valence-corrected chi connectivity index (χ0v) is 16.2. The first-order chi connectivity index (χ1) is 13.3. The van der Waals surface area contributed by atoms with Crippen LogP contribution in [-0.4, -0.2) is 15.5 Å². The van der Waals surface area contributed by atoms with Gasteiger partial charge in [0.1, 0.15) is 17.4 Å². The van der Waals surface area contributed by atoms with Crippen LogP contribution in [0.4, 0.5) is 14.5 Å². The first-order valence-corrected chi connectivity index (χ1v) is 9.92. The summed E-state index contributed by atoms with van der Waals surface area (Å²) in [5.74, 6) is -0.971. The van der Waals surface area contributed by atoms with E-state index in [0.717, 1.165) is 22.0 Å². The molecule has 28 heavy (non-hydrogen) atoms. The molecule has 0 aliphatic rings. The summed E-state index contributed by atoms with van der Waals surface area (Å²) in [7, 11) is -2.49. The van der Waals surface area contributed by atoms with E-state index in [0.29, 0.717) is 11.4 Å². The molecule has 0 aromatic heterocycles. The number of hydrogen-bond donors (Lipinski definition) is 0. The zero-order valence-electron chi connectivity index (χ0n) is 15.4. The van der Waals surface area contributed by atoms with Gasteiger partial charge in [-0.1, -0.05) is 18.2 Å². The molecule has 0 bridgehead atoms. The first kappa shape index (κ1) is 19.8. The van der Waals surface area contributed by atoms with Gasteiger partial charge in [-0.05, 0) is 55.0 Å². The molecule has 0 radical (unpaired) electrons. The van der Waals surface area contributed by atoms with Crippen LogP contribution >= 0.6 is 0 Å². The van der Waals surface area contributed by atoms with E-state index in [9.17, 15) is 17.2 Å². The number of aryl methyl sites for hydroxylation is 1. The van der Waals surface area contributed by atoms with Gasteiger partial charge in [0.15, 0.2) is 0 Å². The Morgan fingerprint density at radius 2 is 1.68 bits per heavy atom. The van der Waals surface area contributed by atoms with Crippen molar-refractivity contribution in [2.75, 3.05) is 11.4 Å². The average Bonchev–Trinajstić information content (AvgIpc) is 2.67. The van der Waals surface area contributed by atoms with Crippen molar-refractivity contribution in [1.82, 2.24) is 0 Å². The lowest BCUT2D eigenvalue weighted by molar-refractivity contribution is 0.415. The number of methoxy groups -OCH3 is 1. The van der Waals surface area contributed by atoms with E-state index >= 15 is 0 Å². The van der Waals surface area contributed by atoms with Gasteiger partial charge in [0, 0.05) is 11.6 Å². The van der Waals surface area contributed by atoms with Crippen LogP contribution in [0, 0.1) is 18.6 Å². The number of ether oxygens (including phenoxy) is 1. The van der Waals surface area contributed by atoms with Gasteiger partial charge in [-0.2, -0.15) is 0 Å². The van der Waals surface area contributed by atoms with E-state index in [-0.39, 0.29) is 17.0 Å². The molecule has 4 nitrogen and oxygen atoms in total. The van der Waals surface area contributed by atoms with Gasteiger partial charge < -0.3 is 4.74 Å². The summed E-state index contributed by atoms with van der Waals surface area (Å²) in [6.07, 6.45) is 0. The molecule has 0 spiro atoms. The van der Waals surface area contributed by atoms with Crippen LogP contribution < -0.4 is 9.04 Å². The third kappa shape index (κ3) is 4.14. The van der Waals surface area contributed by atoms with E-state index in [4.69, 9.17) is 4.74 Å². The highest BCUT2D eigenvalue weighted by Gasteiger charge is 2.26. The van der Waals surface area contributed by atoms with Gasteiger partial charge >= 0.3 is 0 Å². The Morgan fingerprint density at radius 3 is 2.29 bits per heavy atom. The Kier molecular flexibility index (Phi) is 5.65. The standard InChI is InChI=1S/C21H19F2NO3S/c1-15-4-3-5-20(12-15)28(25,26)24(18-8-10-19(27-2)11-9-18)14-16-6-7-17(22)13-21(16)23/h3-13H,14H2,1-2H3. The highest BCUT2D eigenvalue weighted by Crippen LogP contribution is 2.28. The molecule has 0 N–H and O–H groups in total. The fraction of sp³-hybridized carbons (Fsp3) is 0.143. The van der Waals surface area contributed by atoms with Gasteiger partial charge in [-0.3, -0.25) is 4.31 Å². The fourth-order valence-corrected chi connectivity index (χ4v) is 4.32. The molecule has 3 rings (SSSR count). The maximum atomic E-state index is 14.2. The zero-order chi connectivity index (χ0) is 20.3. The Morgan fingerprint density at radius 1 is 0.964 bits per heavy atom. The van der Waals surface area contributed by atoms with Gasteiger partial charge in [0.05, 0.1) is 24.2 Å². The Bertz CT molecular complexity index is 1080. The first-order valence-electron chi connectivity index (χ1n) is 8.48. The smallest absolute Gasteiger partial charge is 0.264 e. The molecular formula is C21H19F2NO3S. The van der Waals surface area contributed by atoms with Crippen molar-refractivity contribution in [1.29, 1.82) is 0 Å². The van der Waals surface area contributed by atoms with Crippen molar-refractivity contribution in [2.24, 2.45) is 0 Å². The maximum absolute atomic E-state index is 14.2. The number of benzene rings is 3. The second-order valence-electron chi connectivity index (χ2n) is 6.26. The van der Waals surface area contributed by atoms with Crippen LogP contribution in [0.1, 0.15) is 11.1 Å². The molecule has 146 valence electrons. The van der Waals surface area contributed by atoms with Gasteiger partial charge in [-0.25, -0.2) is 17.2 Å². The lowest BCUT2D eigenvalue weighted by Gasteiger charge is -2.25. The molecule has 3 aromatic carbocycles. The quantitative estimate of drug-likeness (QED) is 0.601. The molecule has 0 aliphatic carbocycles. The molecule has 0 atom stereocenters. The van der Waals surface area contributed by atoms with Gasteiger partial charge in [0.25, 0.3) is 10.0 Å². The molecule has 0 aliphatic heterocycles. The van der Waals surface area contributed by atoms with E-state index in [1.165, 1.54) is 19.2 Å². The minimum Gasteiger partial charge on any atom is -0.497 e. The van der Waals surface area contributed by atoms with Crippen LogP contribution in [0.15, 0.2) is 71.6 Å². The molecule has 0 amide bonds. The van der Waals surface area contributed by atoms with Crippen LogP contribution in [0.2, 0.25) is 0 Å². The monoisotopic (exact) mass is 403 g/mol. The van der Waals surface area contributed by atoms with E-state index in [1.807, 2.05) is 0 Å². The Balaban J connectivity index is 2.10. The van der Waals surface area contributed by atoms with Crippen LogP contribution in [-0.2, 0) is 16.6 Å². The van der Waals surface area contributed by atoms with Crippen molar-refractivity contribution in [2.45, 2.75) is 18.4 Å². The normalized spacial score (nSPS) is 11.3. The molecule has 0 fully saturated rings. The summed E-state index contributed by atoms with van der Waals surface area (Å²) in [6.45, 7) is 1.51. The van der Waals surface area contributed by atoms with Crippen LogP contribution in [0.25, 0.3) is 0 Å². The Labute approximate surface area is 163 Å². The second kappa shape index (κ2) is 7.98. The third-order valence-corrected chi connectivity index (χ3v) is 6.04. The topological polar surface area (TPSA) is 46.6 Å². The van der Waals surface area contributed by atoms with Crippen molar-refractivity contribution < 1.29 is 21.9 Å². The minimum absolute atomic E-state index is 0.0634. The van der Waals surface area contributed by atoms with Crippen molar-refractivity contribution in [3.63, 3.8) is 0 Å². The van der Waals surface area contributed by atoms with Crippen LogP contribution in [0.3, 0.4) is 0 Å². The molecule has 0 heterocycles. The second-order valence-corrected chi connectivity index (χ2v) is 8.12. The number of sulfonamides is 1. The third-order valence-electron chi connectivity index (χ3n) is 4.27. The highest BCUT2D eigenvalue weighted by atomic mass is 32.2. The number of anilines is 1. The minimum atomic E-state index is -3.99. The molecule has 0 saturated carbocycles. The summed E-state index contributed by atoms with van der Waals surface area (Å²) in [4.78, 5) is 0.0887. The number of nitrogens with zero attached hydrogens (tertiary/aromatic N) is 1. The van der Waals surface area contributed by atoms with Crippen molar-refractivity contribution in [3.05, 3.63) is 89.5 Å². The number of halogens is 2. The molecule has 3 aromatic rings. The fourth-order valence-electron chi connectivity index (χ4n) is 2.77. The maximum Gasteiger partial charge on any atom is 0.264 e. The summed E-state index contributed by atoms with van der Waals surface area (Å²) in [5, 5.41) is 0. The van der Waals surface area contributed by atoms with Gasteiger partial charge in [0.2, 0.25) is 0 Å². The number of rotatable bonds is 6.